The topological polar surface area (TPSA) is 88.1 Å². The van der Waals surface area contributed by atoms with Crippen LogP contribution in [0.15, 0.2) is 35.2 Å². The van der Waals surface area contributed by atoms with Crippen LogP contribution in [0.3, 0.4) is 0 Å². The highest BCUT2D eigenvalue weighted by atomic mass is 32.2. The highest BCUT2D eigenvalue weighted by Crippen LogP contribution is 2.55. The number of nitrogens with one attached hydrogen (secondary N) is 2. The molecule has 0 saturated carbocycles. The van der Waals surface area contributed by atoms with E-state index in [1.54, 1.807) is 6.07 Å². The van der Waals surface area contributed by atoms with Gasteiger partial charge in [-0.2, -0.15) is 17.6 Å². The predicted molar refractivity (Wildman–Crippen MR) is 116 cm³/mol. The lowest BCUT2D eigenvalue weighted by atomic mass is 9.82. The number of benzene rings is 2. The molecule has 2 N–H and O–H groups in total. The number of imidazole rings is 1. The summed E-state index contributed by atoms with van der Waals surface area (Å²) in [6, 6.07) is 6.43. The van der Waals surface area contributed by atoms with E-state index in [-0.39, 0.29) is 33.1 Å². The lowest BCUT2D eigenvalue weighted by Gasteiger charge is -2.32. The van der Waals surface area contributed by atoms with Crippen LogP contribution in [0.25, 0.3) is 22.4 Å². The first-order valence-electron chi connectivity index (χ1n) is 9.96. The number of aromatic amines is 1. The molecule has 0 spiro atoms. The third-order valence-electron chi connectivity index (χ3n) is 6.04. The van der Waals surface area contributed by atoms with Gasteiger partial charge >= 0.3 is 6.18 Å². The van der Waals surface area contributed by atoms with Crippen molar-refractivity contribution in [3.63, 3.8) is 0 Å². The monoisotopic (exact) mass is 501 g/mol. The Bertz CT molecular complexity index is 1450. The Labute approximate surface area is 191 Å². The molecule has 4 rings (SSSR count). The molecule has 34 heavy (non-hydrogen) atoms. The van der Waals surface area contributed by atoms with E-state index in [2.05, 4.69) is 9.97 Å². The van der Waals surface area contributed by atoms with E-state index in [4.69, 9.17) is 14.3 Å². The van der Waals surface area contributed by atoms with Crippen LogP contribution in [0.2, 0.25) is 0 Å². The Hall–Kier alpha value is -3.15. The van der Waals surface area contributed by atoms with Gasteiger partial charge in [0.2, 0.25) is 11.4 Å². The van der Waals surface area contributed by atoms with Crippen molar-refractivity contribution < 1.29 is 35.6 Å². The molecule has 1 aliphatic rings. The van der Waals surface area contributed by atoms with E-state index in [0.29, 0.717) is 5.52 Å². The van der Waals surface area contributed by atoms with E-state index >= 15 is 0 Å². The van der Waals surface area contributed by atoms with Crippen LogP contribution >= 0.6 is 0 Å². The summed E-state index contributed by atoms with van der Waals surface area (Å²) in [6.07, 6.45) is -3.64. The Morgan fingerprint density at radius 1 is 1.24 bits per heavy atom. The summed E-state index contributed by atoms with van der Waals surface area (Å²) in [7, 11) is -2.14. The smallest absolute Gasteiger partial charge is 0.428 e. The molecule has 0 radical (unpaired) electrons. The Morgan fingerprint density at radius 3 is 2.50 bits per heavy atom. The van der Waals surface area contributed by atoms with Crippen molar-refractivity contribution in [1.82, 2.24) is 9.97 Å². The molecule has 0 amide bonds. The minimum Gasteiger partial charge on any atom is -0.493 e. The molecule has 0 bridgehead atoms. The summed E-state index contributed by atoms with van der Waals surface area (Å²) >= 11 is 0. The second kappa shape index (κ2) is 7.69. The van der Waals surface area contributed by atoms with Gasteiger partial charge in [-0.25, -0.2) is 18.4 Å². The number of hydrogen-bond acceptors (Lipinski definition) is 5. The molecule has 6 nitrogen and oxygen atoms in total. The number of rotatable bonds is 4. The maximum atomic E-state index is 14.5. The number of H-pyrrole nitrogens is 1. The lowest BCUT2D eigenvalue weighted by molar-refractivity contribution is -0.255. The molecule has 3 aromatic rings. The van der Waals surface area contributed by atoms with Gasteiger partial charge in [-0.3, -0.25) is 0 Å². The van der Waals surface area contributed by atoms with Gasteiger partial charge in [0, 0.05) is 23.3 Å². The van der Waals surface area contributed by atoms with Crippen molar-refractivity contribution in [3.8, 4) is 5.75 Å². The number of alkyl halides is 3. The number of aromatic nitrogens is 2. The van der Waals surface area contributed by atoms with Gasteiger partial charge in [0.05, 0.1) is 27.3 Å². The number of nitrogens with zero attached hydrogens (tertiary/aromatic N) is 1. The third-order valence-corrected chi connectivity index (χ3v) is 7.20. The zero-order valence-electron chi connectivity index (χ0n) is 18.4. The van der Waals surface area contributed by atoms with E-state index in [1.807, 2.05) is 0 Å². The van der Waals surface area contributed by atoms with E-state index in [0.717, 1.165) is 26.2 Å². The molecule has 1 unspecified atom stereocenters. The quantitative estimate of drug-likeness (QED) is 0.446. The predicted octanol–water partition coefficient (Wildman–Crippen LogP) is 5.74. The maximum absolute atomic E-state index is 14.5. The molecule has 0 saturated heterocycles. The minimum atomic E-state index is -4.83. The average molecular weight is 501 g/mol. The summed E-state index contributed by atoms with van der Waals surface area (Å²) in [5.41, 5.74) is -2.50. The summed E-state index contributed by atoms with van der Waals surface area (Å²) in [4.78, 5) is 7.23. The maximum Gasteiger partial charge on any atom is 0.428 e. The first kappa shape index (κ1) is 24.0. The van der Waals surface area contributed by atoms with Crippen LogP contribution < -0.4 is 4.74 Å². The first-order valence-corrected chi connectivity index (χ1v) is 11.9. The molecular formula is C22H20F5N3O3S. The van der Waals surface area contributed by atoms with Crippen molar-refractivity contribution in [2.45, 2.75) is 30.5 Å². The van der Waals surface area contributed by atoms with E-state index in [9.17, 15) is 26.2 Å². The number of para-hydroxylation sites is 1. The Balaban J connectivity index is 2.05. The lowest BCUT2D eigenvalue weighted by Crippen LogP contribution is -2.47. The highest BCUT2D eigenvalue weighted by molar-refractivity contribution is 7.92. The number of fused-ring (bicyclic) bond motifs is 1. The first-order chi connectivity index (χ1) is 15.7. The summed E-state index contributed by atoms with van der Waals surface area (Å²) in [5, 5.41) is 0. The fraction of sp³-hybridized carbons (Fsp3) is 0.318. The van der Waals surface area contributed by atoms with Gasteiger partial charge in [0.25, 0.3) is 0 Å². The molecule has 3 atom stereocenters. The highest BCUT2D eigenvalue weighted by Gasteiger charge is 2.62. The average Bonchev–Trinajstić information content (AvgIpc) is 3.28. The van der Waals surface area contributed by atoms with Crippen LogP contribution in [-0.4, -0.2) is 39.3 Å². The van der Waals surface area contributed by atoms with Crippen molar-refractivity contribution in [3.05, 3.63) is 53.4 Å². The van der Waals surface area contributed by atoms with Crippen molar-refractivity contribution in [2.75, 3.05) is 13.4 Å². The summed E-state index contributed by atoms with van der Waals surface area (Å²) < 4.78 is 101. The van der Waals surface area contributed by atoms with Crippen LogP contribution in [0, 0.1) is 22.3 Å². The Kier molecular flexibility index (Phi) is 5.42. The van der Waals surface area contributed by atoms with Gasteiger partial charge in [-0.15, -0.1) is 0 Å². The second-order valence-corrected chi connectivity index (χ2v) is 10.3. The van der Waals surface area contributed by atoms with E-state index < -0.39 is 44.8 Å². The molecule has 1 aromatic heterocycles. The fourth-order valence-corrected chi connectivity index (χ4v) is 4.90. The molecule has 1 aliphatic heterocycles. The minimum absolute atomic E-state index is 0.0877. The molecular weight excluding hydrogens is 481 g/mol. The SMILES string of the molecule is COc1c(C2=C(c3nc4c(S(C)(=N)=O)cccc4[nH]3)O[C@@](C)(C(F)(F)F)[C@H]2C)ccc(F)c1F. The zero-order chi connectivity index (χ0) is 25.2. The molecule has 2 heterocycles. The number of halogens is 5. The Morgan fingerprint density at radius 2 is 1.91 bits per heavy atom. The molecule has 2 aromatic carbocycles. The molecule has 182 valence electrons. The fourth-order valence-electron chi connectivity index (χ4n) is 4.03. The summed E-state index contributed by atoms with van der Waals surface area (Å²) in [5.74, 6) is -5.02. The third kappa shape index (κ3) is 3.51. The normalized spacial score (nSPS) is 22.7. The molecule has 0 aliphatic carbocycles. The van der Waals surface area contributed by atoms with Crippen molar-refractivity contribution in [2.24, 2.45) is 5.92 Å². The number of methoxy groups -OCH3 is 1. The summed E-state index contributed by atoms with van der Waals surface area (Å²) in [6.45, 7) is 2.11. The second-order valence-electron chi connectivity index (χ2n) is 8.19. The zero-order valence-corrected chi connectivity index (χ0v) is 19.3. The van der Waals surface area contributed by atoms with Gasteiger partial charge in [-0.1, -0.05) is 13.0 Å². The van der Waals surface area contributed by atoms with Crippen LogP contribution in [0.5, 0.6) is 5.75 Å². The van der Waals surface area contributed by atoms with Gasteiger partial charge < -0.3 is 14.5 Å². The largest absolute Gasteiger partial charge is 0.493 e. The van der Waals surface area contributed by atoms with Crippen molar-refractivity contribution >= 4 is 32.1 Å². The molecule has 0 fully saturated rings. The van der Waals surface area contributed by atoms with Crippen molar-refractivity contribution in [1.29, 1.82) is 4.78 Å². The van der Waals surface area contributed by atoms with Gasteiger partial charge in [0.1, 0.15) is 5.52 Å². The van der Waals surface area contributed by atoms with E-state index in [1.165, 1.54) is 25.3 Å². The van der Waals surface area contributed by atoms with Crippen LogP contribution in [-0.2, 0) is 14.5 Å². The van der Waals surface area contributed by atoms with Crippen LogP contribution in [0.1, 0.15) is 25.2 Å². The molecule has 12 heteroatoms. The van der Waals surface area contributed by atoms with Crippen LogP contribution in [0.4, 0.5) is 22.0 Å². The standard InChI is InChI=1S/C22H20F5N3O3S/c1-10-15(11-8-9-12(23)16(24)18(11)32-3)19(33-21(10,2)22(25,26)27)20-29-13-6-5-7-14(17(13)30-20)34(4,28)31/h5-10,28H,1-4H3,(H,29,30)/t10-,21+,34?/m0/s1. The van der Waals surface area contributed by atoms with Gasteiger partial charge in [-0.05, 0) is 31.2 Å². The number of hydrogen-bond donors (Lipinski definition) is 2. The van der Waals surface area contributed by atoms with Gasteiger partial charge in [0.15, 0.2) is 23.2 Å². The number of ether oxygens (including phenoxy) is 2.